The number of rotatable bonds is 12. The molecular weight excluding hydrogens is 550 g/mol. The summed E-state index contributed by atoms with van der Waals surface area (Å²) in [6.45, 7) is 5.35. The van der Waals surface area contributed by atoms with Crippen LogP contribution >= 0.6 is 0 Å². The van der Waals surface area contributed by atoms with E-state index < -0.39 is 28.5 Å². The Hall–Kier alpha value is -3.85. The summed E-state index contributed by atoms with van der Waals surface area (Å²) in [4.78, 5) is 29.5. The summed E-state index contributed by atoms with van der Waals surface area (Å²) in [5, 5.41) is 3.15. The molecule has 3 aromatic rings. The smallest absolute Gasteiger partial charge is 0.264 e. The van der Waals surface area contributed by atoms with Gasteiger partial charge in [0.1, 0.15) is 18.3 Å². The van der Waals surface area contributed by atoms with Crippen molar-refractivity contribution < 1.29 is 22.7 Å². The van der Waals surface area contributed by atoms with Gasteiger partial charge in [0, 0.05) is 12.6 Å². The number of benzene rings is 3. The van der Waals surface area contributed by atoms with Gasteiger partial charge in [-0.15, -0.1) is 0 Å². The van der Waals surface area contributed by atoms with E-state index in [0.29, 0.717) is 12.2 Å². The third-order valence-electron chi connectivity index (χ3n) is 7.90. The van der Waals surface area contributed by atoms with E-state index in [1.165, 1.54) is 24.1 Å². The van der Waals surface area contributed by atoms with Crippen LogP contribution in [0.5, 0.6) is 5.75 Å². The fraction of sp³-hybridized carbons (Fsp3) is 0.394. The molecule has 2 amide bonds. The van der Waals surface area contributed by atoms with Crippen molar-refractivity contribution in [2.75, 3.05) is 18.0 Å². The molecule has 4 rings (SSSR count). The lowest BCUT2D eigenvalue weighted by atomic mass is 10.1. The number of ether oxygens (including phenoxy) is 1. The number of methoxy groups -OCH3 is 1. The topological polar surface area (TPSA) is 96.0 Å². The standard InChI is InChI=1S/C33H41N3O5S/c1-5-29(33(38)34-27-15-11-12-16-27)35(22-26-14-10-9-13-25(26)3)32(37)23-36(30-21-24(2)19-20-31(30)41-4)42(39,40)28-17-7-6-8-18-28/h6-10,13-14,17-21,27,29H,5,11-12,15-16,22-23H2,1-4H3,(H,34,38). The normalized spacial score (nSPS) is 14.3. The van der Waals surface area contributed by atoms with Gasteiger partial charge in [-0.1, -0.05) is 68.3 Å². The van der Waals surface area contributed by atoms with Crippen LogP contribution < -0.4 is 14.4 Å². The van der Waals surface area contributed by atoms with Gasteiger partial charge in [-0.05, 0) is 74.1 Å². The Balaban J connectivity index is 1.77. The van der Waals surface area contributed by atoms with Gasteiger partial charge >= 0.3 is 0 Å². The van der Waals surface area contributed by atoms with Crippen LogP contribution in [0.1, 0.15) is 55.7 Å². The molecule has 1 aliphatic rings. The fourth-order valence-corrected chi connectivity index (χ4v) is 6.92. The van der Waals surface area contributed by atoms with Crippen molar-refractivity contribution in [3.05, 3.63) is 89.5 Å². The third-order valence-corrected chi connectivity index (χ3v) is 9.68. The molecule has 0 saturated heterocycles. The summed E-state index contributed by atoms with van der Waals surface area (Å²) in [6.07, 6.45) is 4.36. The molecule has 0 spiro atoms. The molecule has 1 atom stereocenters. The second-order valence-corrected chi connectivity index (χ2v) is 12.7. The highest BCUT2D eigenvalue weighted by atomic mass is 32.2. The van der Waals surface area contributed by atoms with E-state index in [1.807, 2.05) is 51.1 Å². The predicted octanol–water partition coefficient (Wildman–Crippen LogP) is 5.37. The number of hydrogen-bond acceptors (Lipinski definition) is 5. The van der Waals surface area contributed by atoms with E-state index in [2.05, 4.69) is 5.32 Å². The third kappa shape index (κ3) is 7.13. The second kappa shape index (κ2) is 13.9. The Bertz CT molecular complexity index is 1490. The molecule has 9 heteroatoms. The SMILES string of the molecule is CCC(C(=O)NC1CCCC1)N(Cc1ccccc1C)C(=O)CN(c1cc(C)ccc1OC)S(=O)(=O)c1ccccc1. The first-order chi connectivity index (χ1) is 20.1. The molecule has 1 fully saturated rings. The highest BCUT2D eigenvalue weighted by Gasteiger charge is 2.35. The molecular formula is C33H41N3O5S. The molecule has 3 aromatic carbocycles. The Morgan fingerprint density at radius 3 is 2.29 bits per heavy atom. The molecule has 0 aliphatic heterocycles. The van der Waals surface area contributed by atoms with Gasteiger partial charge in [0.2, 0.25) is 11.8 Å². The molecule has 0 bridgehead atoms. The van der Waals surface area contributed by atoms with Crippen LogP contribution in [-0.4, -0.2) is 50.9 Å². The van der Waals surface area contributed by atoms with E-state index in [4.69, 9.17) is 4.74 Å². The van der Waals surface area contributed by atoms with Gasteiger partial charge in [-0.3, -0.25) is 13.9 Å². The predicted molar refractivity (Wildman–Crippen MR) is 165 cm³/mol. The Morgan fingerprint density at radius 2 is 1.64 bits per heavy atom. The Kier molecular flexibility index (Phi) is 10.3. The zero-order valence-electron chi connectivity index (χ0n) is 24.9. The number of nitrogens with one attached hydrogen (secondary N) is 1. The molecule has 0 heterocycles. The number of sulfonamides is 1. The van der Waals surface area contributed by atoms with Gasteiger partial charge in [-0.2, -0.15) is 0 Å². The molecule has 42 heavy (non-hydrogen) atoms. The summed E-state index contributed by atoms with van der Waals surface area (Å²) in [5.41, 5.74) is 2.94. The highest BCUT2D eigenvalue weighted by Crippen LogP contribution is 2.34. The van der Waals surface area contributed by atoms with E-state index in [-0.39, 0.29) is 29.1 Å². The Morgan fingerprint density at radius 1 is 0.976 bits per heavy atom. The summed E-state index contributed by atoms with van der Waals surface area (Å²) in [6, 6.07) is 20.3. The fourth-order valence-electron chi connectivity index (χ4n) is 5.49. The Labute approximate surface area is 249 Å². The van der Waals surface area contributed by atoms with Gasteiger partial charge in [0.15, 0.2) is 0 Å². The number of carbonyl (C=O) groups is 2. The minimum absolute atomic E-state index is 0.0535. The molecule has 1 aliphatic carbocycles. The number of carbonyl (C=O) groups excluding carboxylic acids is 2. The van der Waals surface area contributed by atoms with Crippen molar-refractivity contribution in [1.29, 1.82) is 0 Å². The maximum Gasteiger partial charge on any atom is 0.264 e. The molecule has 1 saturated carbocycles. The summed E-state index contributed by atoms with van der Waals surface area (Å²) >= 11 is 0. The first kappa shape index (κ1) is 31.1. The lowest BCUT2D eigenvalue weighted by Crippen LogP contribution is -2.53. The van der Waals surface area contributed by atoms with E-state index >= 15 is 0 Å². The maximum atomic E-state index is 14.3. The first-order valence-corrected chi connectivity index (χ1v) is 16.0. The second-order valence-electron chi connectivity index (χ2n) is 10.9. The number of aryl methyl sites for hydroxylation is 2. The van der Waals surface area contributed by atoms with Gasteiger partial charge in [0.05, 0.1) is 17.7 Å². The largest absolute Gasteiger partial charge is 0.495 e. The molecule has 0 radical (unpaired) electrons. The quantitative estimate of drug-likeness (QED) is 0.305. The minimum atomic E-state index is -4.18. The number of anilines is 1. The number of amides is 2. The van der Waals surface area contributed by atoms with Crippen molar-refractivity contribution >= 4 is 27.5 Å². The van der Waals surface area contributed by atoms with Gasteiger partial charge in [-0.25, -0.2) is 8.42 Å². The number of hydrogen-bond donors (Lipinski definition) is 1. The maximum absolute atomic E-state index is 14.3. The first-order valence-electron chi connectivity index (χ1n) is 14.5. The molecule has 8 nitrogen and oxygen atoms in total. The summed E-state index contributed by atoms with van der Waals surface area (Å²) in [7, 11) is -2.71. The van der Waals surface area contributed by atoms with Gasteiger partial charge < -0.3 is 15.0 Å². The zero-order valence-corrected chi connectivity index (χ0v) is 25.7. The van der Waals surface area contributed by atoms with Crippen molar-refractivity contribution in [2.24, 2.45) is 0 Å². The van der Waals surface area contributed by atoms with Crippen molar-refractivity contribution in [3.8, 4) is 5.75 Å². The van der Waals surface area contributed by atoms with Crippen molar-refractivity contribution in [1.82, 2.24) is 10.2 Å². The minimum Gasteiger partial charge on any atom is -0.495 e. The van der Waals surface area contributed by atoms with E-state index in [9.17, 15) is 18.0 Å². The van der Waals surface area contributed by atoms with Crippen LogP contribution in [0, 0.1) is 13.8 Å². The van der Waals surface area contributed by atoms with E-state index in [0.717, 1.165) is 46.7 Å². The van der Waals surface area contributed by atoms with Crippen LogP contribution in [0.2, 0.25) is 0 Å². The average molecular weight is 592 g/mol. The molecule has 224 valence electrons. The van der Waals surface area contributed by atoms with Crippen LogP contribution in [-0.2, 0) is 26.2 Å². The number of nitrogens with zero attached hydrogens (tertiary/aromatic N) is 2. The van der Waals surface area contributed by atoms with Crippen molar-refractivity contribution in [3.63, 3.8) is 0 Å². The summed E-state index contributed by atoms with van der Waals surface area (Å²) in [5.74, 6) is -0.365. The zero-order chi connectivity index (χ0) is 30.3. The van der Waals surface area contributed by atoms with Gasteiger partial charge in [0.25, 0.3) is 10.0 Å². The van der Waals surface area contributed by atoms with E-state index in [1.54, 1.807) is 30.3 Å². The molecule has 1 unspecified atom stereocenters. The molecule has 1 N–H and O–H groups in total. The van der Waals surface area contributed by atoms with Crippen LogP contribution in [0.4, 0.5) is 5.69 Å². The monoisotopic (exact) mass is 591 g/mol. The average Bonchev–Trinajstić information content (AvgIpc) is 3.50. The van der Waals surface area contributed by atoms with Crippen LogP contribution in [0.15, 0.2) is 77.7 Å². The van der Waals surface area contributed by atoms with Crippen LogP contribution in [0.3, 0.4) is 0 Å². The summed E-state index contributed by atoms with van der Waals surface area (Å²) < 4.78 is 34.9. The van der Waals surface area contributed by atoms with Crippen LogP contribution in [0.25, 0.3) is 0 Å². The highest BCUT2D eigenvalue weighted by molar-refractivity contribution is 7.92. The molecule has 0 aromatic heterocycles. The van der Waals surface area contributed by atoms with Crippen molar-refractivity contribution in [2.45, 2.75) is 76.4 Å². The lowest BCUT2D eigenvalue weighted by Gasteiger charge is -2.34. The lowest BCUT2D eigenvalue weighted by molar-refractivity contribution is -0.140.